The second-order valence-electron chi connectivity index (χ2n) is 3.37. The largest absolute Gasteiger partial charge is 0.274 e. The van der Waals surface area contributed by atoms with Crippen molar-refractivity contribution < 1.29 is 13.2 Å². The van der Waals surface area contributed by atoms with Crippen molar-refractivity contribution in [1.82, 2.24) is 4.72 Å². The zero-order chi connectivity index (χ0) is 13.1. The first-order valence-corrected chi connectivity index (χ1v) is 7.63. The third-order valence-electron chi connectivity index (χ3n) is 1.95. The summed E-state index contributed by atoms with van der Waals surface area (Å²) in [4.78, 5) is 11.0. The molecule has 0 radical (unpaired) electrons. The molecule has 0 aromatic heterocycles. The zero-order valence-corrected chi connectivity index (χ0v) is 12.2. The third-order valence-corrected chi connectivity index (χ3v) is 4.15. The molecule has 0 saturated carbocycles. The molecule has 0 saturated heterocycles. The molecule has 0 aliphatic carbocycles. The number of halogens is 2. The van der Waals surface area contributed by atoms with E-state index in [0.29, 0.717) is 15.1 Å². The summed E-state index contributed by atoms with van der Waals surface area (Å²) in [6.07, 6.45) is 0.126. The Labute approximate surface area is 114 Å². The predicted octanol–water partition coefficient (Wildman–Crippen LogP) is 2.46. The minimum atomic E-state index is -3.65. The molecule has 1 aromatic rings. The number of carbonyl (C=O) groups is 1. The van der Waals surface area contributed by atoms with Crippen molar-refractivity contribution in [2.24, 2.45) is 0 Å². The van der Waals surface area contributed by atoms with E-state index in [9.17, 15) is 13.2 Å². The number of rotatable bonds is 4. The maximum absolute atomic E-state index is 11.6. The Kier molecular flexibility index (Phi) is 4.97. The molecular weight excluding hydrogens is 330 g/mol. The van der Waals surface area contributed by atoms with Gasteiger partial charge in [-0.25, -0.2) is 8.42 Å². The normalized spacial score (nSPS) is 11.2. The highest BCUT2D eigenvalue weighted by Crippen LogP contribution is 2.22. The van der Waals surface area contributed by atoms with E-state index < -0.39 is 15.9 Å². The number of hydrogen-bond donors (Lipinski definition) is 1. The van der Waals surface area contributed by atoms with Crippen LogP contribution in [0.3, 0.4) is 0 Å². The zero-order valence-electron chi connectivity index (χ0n) is 9.04. The highest BCUT2D eigenvalue weighted by atomic mass is 79.9. The van der Waals surface area contributed by atoms with Crippen LogP contribution in [0.5, 0.6) is 0 Å². The second-order valence-corrected chi connectivity index (χ2v) is 6.39. The molecule has 1 rings (SSSR count). The van der Waals surface area contributed by atoms with Crippen LogP contribution >= 0.6 is 27.5 Å². The molecule has 0 aliphatic rings. The van der Waals surface area contributed by atoms with Crippen LogP contribution < -0.4 is 4.72 Å². The first-order valence-electron chi connectivity index (χ1n) is 4.81. The highest BCUT2D eigenvalue weighted by molar-refractivity contribution is 9.10. The van der Waals surface area contributed by atoms with Crippen molar-refractivity contribution in [1.29, 1.82) is 0 Å². The van der Waals surface area contributed by atoms with E-state index in [1.165, 1.54) is 0 Å². The lowest BCUT2D eigenvalue weighted by Gasteiger charge is -2.07. The van der Waals surface area contributed by atoms with E-state index in [1.54, 1.807) is 25.1 Å². The summed E-state index contributed by atoms with van der Waals surface area (Å²) < 4.78 is 25.8. The minimum Gasteiger partial charge on any atom is -0.274 e. The fourth-order valence-electron chi connectivity index (χ4n) is 1.13. The molecule has 17 heavy (non-hydrogen) atoms. The molecule has 0 unspecified atom stereocenters. The van der Waals surface area contributed by atoms with Crippen LogP contribution in [0.15, 0.2) is 22.7 Å². The number of carbonyl (C=O) groups excluding carboxylic acids is 1. The number of benzene rings is 1. The van der Waals surface area contributed by atoms with Crippen molar-refractivity contribution >= 4 is 43.5 Å². The Morgan fingerprint density at radius 3 is 2.65 bits per heavy atom. The summed E-state index contributed by atoms with van der Waals surface area (Å²) in [5, 5.41) is 0.510. The quantitative estimate of drug-likeness (QED) is 0.916. The van der Waals surface area contributed by atoms with Gasteiger partial charge in [0.2, 0.25) is 15.9 Å². The van der Waals surface area contributed by atoms with Crippen molar-refractivity contribution in [3.63, 3.8) is 0 Å². The summed E-state index contributed by atoms with van der Waals surface area (Å²) in [5.74, 6) is -0.786. The minimum absolute atomic E-state index is 0.126. The lowest BCUT2D eigenvalue weighted by Crippen LogP contribution is -2.30. The third kappa shape index (κ3) is 4.65. The first-order chi connectivity index (χ1) is 7.84. The van der Waals surface area contributed by atoms with Crippen molar-refractivity contribution in [2.45, 2.75) is 19.1 Å². The molecule has 7 heteroatoms. The van der Waals surface area contributed by atoms with E-state index in [-0.39, 0.29) is 12.2 Å². The molecule has 1 amide bonds. The van der Waals surface area contributed by atoms with Crippen LogP contribution in [0.4, 0.5) is 0 Å². The van der Waals surface area contributed by atoms with Gasteiger partial charge in [0.05, 0.1) is 5.75 Å². The second kappa shape index (κ2) is 5.84. The van der Waals surface area contributed by atoms with Crippen LogP contribution in [-0.4, -0.2) is 14.3 Å². The van der Waals surface area contributed by atoms with Crippen molar-refractivity contribution in [3.05, 3.63) is 33.3 Å². The summed E-state index contributed by atoms with van der Waals surface area (Å²) >= 11 is 8.97. The molecule has 4 nitrogen and oxygen atoms in total. The maximum Gasteiger partial charge on any atom is 0.239 e. The van der Waals surface area contributed by atoms with Gasteiger partial charge in [-0.15, -0.1) is 0 Å². The molecule has 0 fully saturated rings. The van der Waals surface area contributed by atoms with Gasteiger partial charge in [0, 0.05) is 15.9 Å². The van der Waals surface area contributed by atoms with E-state index in [0.717, 1.165) is 0 Å². The average Bonchev–Trinajstić information content (AvgIpc) is 2.21. The standard InChI is InChI=1S/C10H11BrClNO3S/c1-2-10(14)13-17(15,16)6-7-3-4-8(12)5-9(7)11/h3-5H,2,6H2,1H3,(H,13,14). The number of sulfonamides is 1. The molecule has 1 aromatic carbocycles. The highest BCUT2D eigenvalue weighted by Gasteiger charge is 2.16. The van der Waals surface area contributed by atoms with Gasteiger partial charge in [-0.05, 0) is 17.7 Å². The lowest BCUT2D eigenvalue weighted by molar-refractivity contribution is -0.119. The molecule has 0 bridgehead atoms. The summed E-state index contributed by atoms with van der Waals surface area (Å²) in [7, 11) is -3.65. The predicted molar refractivity (Wildman–Crippen MR) is 70.2 cm³/mol. The Balaban J connectivity index is 2.87. The van der Waals surface area contributed by atoms with Gasteiger partial charge in [0.1, 0.15) is 0 Å². The van der Waals surface area contributed by atoms with Crippen molar-refractivity contribution in [3.8, 4) is 0 Å². The van der Waals surface area contributed by atoms with Crippen LogP contribution in [0.25, 0.3) is 0 Å². The Hall–Kier alpha value is -0.590. The number of amides is 1. The molecule has 94 valence electrons. The monoisotopic (exact) mass is 339 g/mol. The summed E-state index contributed by atoms with van der Waals surface area (Å²) in [6.45, 7) is 1.59. The Morgan fingerprint density at radius 2 is 2.12 bits per heavy atom. The van der Waals surface area contributed by atoms with E-state index in [4.69, 9.17) is 11.6 Å². The topological polar surface area (TPSA) is 63.2 Å². The van der Waals surface area contributed by atoms with Gasteiger partial charge in [0.25, 0.3) is 0 Å². The van der Waals surface area contributed by atoms with Gasteiger partial charge in [-0.3, -0.25) is 9.52 Å². The lowest BCUT2D eigenvalue weighted by atomic mass is 10.2. The van der Waals surface area contributed by atoms with Crippen LogP contribution in [0.2, 0.25) is 5.02 Å². The number of nitrogens with one attached hydrogen (secondary N) is 1. The average molecular weight is 341 g/mol. The van der Waals surface area contributed by atoms with Gasteiger partial charge in [-0.1, -0.05) is 40.5 Å². The summed E-state index contributed by atoms with van der Waals surface area (Å²) in [5.41, 5.74) is 0.547. The SMILES string of the molecule is CCC(=O)NS(=O)(=O)Cc1ccc(Cl)cc1Br. The van der Waals surface area contributed by atoms with E-state index >= 15 is 0 Å². The Bertz CT molecular complexity index is 530. The van der Waals surface area contributed by atoms with Crippen LogP contribution in [0.1, 0.15) is 18.9 Å². The van der Waals surface area contributed by atoms with Gasteiger partial charge < -0.3 is 0 Å². The first kappa shape index (κ1) is 14.5. The smallest absolute Gasteiger partial charge is 0.239 e. The van der Waals surface area contributed by atoms with Crippen LogP contribution in [-0.2, 0) is 20.6 Å². The molecule has 0 heterocycles. The van der Waals surface area contributed by atoms with E-state index in [1.807, 2.05) is 4.72 Å². The Morgan fingerprint density at radius 1 is 1.47 bits per heavy atom. The molecule has 0 spiro atoms. The molecule has 1 N–H and O–H groups in total. The fraction of sp³-hybridized carbons (Fsp3) is 0.300. The number of hydrogen-bond acceptors (Lipinski definition) is 3. The van der Waals surface area contributed by atoms with Crippen molar-refractivity contribution in [2.75, 3.05) is 0 Å². The maximum atomic E-state index is 11.6. The molecule has 0 aliphatic heterocycles. The molecular formula is C10H11BrClNO3S. The van der Waals surface area contributed by atoms with E-state index in [2.05, 4.69) is 15.9 Å². The van der Waals surface area contributed by atoms with Gasteiger partial charge in [-0.2, -0.15) is 0 Å². The summed E-state index contributed by atoms with van der Waals surface area (Å²) in [6, 6.07) is 4.80. The van der Waals surface area contributed by atoms with Gasteiger partial charge >= 0.3 is 0 Å². The molecule has 0 atom stereocenters. The fourth-order valence-corrected chi connectivity index (χ4v) is 3.36. The van der Waals surface area contributed by atoms with Crippen LogP contribution in [0, 0.1) is 0 Å². The van der Waals surface area contributed by atoms with Gasteiger partial charge in [0.15, 0.2) is 0 Å².